The van der Waals surface area contributed by atoms with Gasteiger partial charge in [0.1, 0.15) is 0 Å². The monoisotopic (exact) mass is 420 g/mol. The highest BCUT2D eigenvalue weighted by atomic mass is 32.2. The van der Waals surface area contributed by atoms with Crippen LogP contribution in [-0.4, -0.2) is 18.2 Å². The zero-order valence-electron chi connectivity index (χ0n) is 18.2. The zero-order valence-corrected chi connectivity index (χ0v) is 19.0. The molecular weight excluding hydrogens is 392 g/mol. The van der Waals surface area contributed by atoms with E-state index in [0.29, 0.717) is 4.91 Å². The maximum Gasteiger partial charge on any atom is 0.290 e. The molecule has 1 fully saturated rings. The third-order valence-corrected chi connectivity index (χ3v) is 7.25. The minimum atomic E-state index is -0.328. The van der Waals surface area contributed by atoms with Crippen LogP contribution in [0.25, 0.3) is 6.08 Å². The third kappa shape index (κ3) is 3.79. The molecule has 4 nitrogen and oxygen atoms in total. The van der Waals surface area contributed by atoms with Gasteiger partial charge in [0.25, 0.3) is 11.1 Å². The molecule has 0 bridgehead atoms. The van der Waals surface area contributed by atoms with E-state index in [1.807, 2.05) is 24.3 Å². The van der Waals surface area contributed by atoms with Crippen molar-refractivity contribution >= 4 is 40.4 Å². The minimum absolute atomic E-state index is 0.175. The van der Waals surface area contributed by atoms with E-state index in [1.54, 1.807) is 6.08 Å². The Hall–Kier alpha value is -2.53. The average molecular weight is 421 g/mol. The van der Waals surface area contributed by atoms with Crippen LogP contribution in [0.5, 0.6) is 0 Å². The molecule has 0 aromatic heterocycles. The van der Waals surface area contributed by atoms with Gasteiger partial charge in [0.2, 0.25) is 0 Å². The fraction of sp³-hybridized carbons (Fsp3) is 0.360. The van der Waals surface area contributed by atoms with Gasteiger partial charge in [-0.15, -0.1) is 0 Å². The number of hydrogen-bond acceptors (Lipinski definition) is 4. The summed E-state index contributed by atoms with van der Waals surface area (Å²) in [7, 11) is 2.08. The van der Waals surface area contributed by atoms with Gasteiger partial charge in [-0.3, -0.25) is 14.9 Å². The Morgan fingerprint density at radius 1 is 0.900 bits per heavy atom. The predicted molar refractivity (Wildman–Crippen MR) is 125 cm³/mol. The van der Waals surface area contributed by atoms with Gasteiger partial charge in [-0.2, -0.15) is 0 Å². The van der Waals surface area contributed by atoms with Crippen molar-refractivity contribution in [1.82, 2.24) is 5.32 Å². The molecule has 0 radical (unpaired) electrons. The standard InChI is InChI=1S/C25H28N2O2S/c1-24(2)12-13-25(3,4)20-15-18(10-11-19(20)24)27(5)17-8-6-16(7-9-17)14-21-22(28)26-23(29)30-21/h6-11,14-15H,12-13H2,1-5H3,(H,26,28,29)/b21-14-. The van der Waals surface area contributed by atoms with Crippen molar-refractivity contribution in [3.8, 4) is 0 Å². The molecule has 1 aliphatic heterocycles. The quantitative estimate of drug-likeness (QED) is 0.607. The molecule has 5 heteroatoms. The van der Waals surface area contributed by atoms with E-state index < -0.39 is 0 Å². The lowest BCUT2D eigenvalue weighted by Gasteiger charge is -2.42. The lowest BCUT2D eigenvalue weighted by molar-refractivity contribution is -0.115. The van der Waals surface area contributed by atoms with Gasteiger partial charge in [-0.1, -0.05) is 45.9 Å². The summed E-state index contributed by atoms with van der Waals surface area (Å²) in [5.74, 6) is -0.328. The summed E-state index contributed by atoms with van der Waals surface area (Å²) in [6, 6.07) is 14.9. The Balaban J connectivity index is 1.61. The molecule has 2 aromatic carbocycles. The fourth-order valence-corrected chi connectivity index (χ4v) is 4.98. The number of imide groups is 1. The summed E-state index contributed by atoms with van der Waals surface area (Å²) in [4.78, 5) is 25.7. The number of amides is 2. The molecule has 0 spiro atoms. The van der Waals surface area contributed by atoms with E-state index >= 15 is 0 Å². The van der Waals surface area contributed by atoms with Crippen LogP contribution in [0.4, 0.5) is 16.2 Å². The van der Waals surface area contributed by atoms with Crippen molar-refractivity contribution in [3.05, 3.63) is 64.1 Å². The van der Waals surface area contributed by atoms with Gasteiger partial charge in [-0.05, 0) is 82.5 Å². The van der Waals surface area contributed by atoms with Crippen LogP contribution >= 0.6 is 11.8 Å². The topological polar surface area (TPSA) is 49.4 Å². The number of rotatable bonds is 3. The summed E-state index contributed by atoms with van der Waals surface area (Å²) in [5, 5.41) is 1.97. The van der Waals surface area contributed by atoms with Gasteiger partial charge >= 0.3 is 0 Å². The van der Waals surface area contributed by atoms with Crippen LogP contribution < -0.4 is 10.2 Å². The van der Waals surface area contributed by atoms with Crippen molar-refractivity contribution in [3.63, 3.8) is 0 Å². The fourth-order valence-electron chi connectivity index (χ4n) is 4.30. The largest absolute Gasteiger partial charge is 0.345 e. The Kier molecular flexibility index (Phi) is 5.05. The van der Waals surface area contributed by atoms with E-state index in [9.17, 15) is 9.59 Å². The molecule has 0 atom stereocenters. The number of carbonyl (C=O) groups excluding carboxylic acids is 2. The highest BCUT2D eigenvalue weighted by Crippen LogP contribution is 2.47. The summed E-state index contributed by atoms with van der Waals surface area (Å²) in [6.07, 6.45) is 4.15. The number of benzene rings is 2. The average Bonchev–Trinajstić information content (AvgIpc) is 3.02. The molecule has 1 heterocycles. The maximum atomic E-state index is 11.7. The van der Waals surface area contributed by atoms with E-state index in [2.05, 4.69) is 63.2 Å². The predicted octanol–water partition coefficient (Wildman–Crippen LogP) is 6.13. The highest BCUT2D eigenvalue weighted by Gasteiger charge is 2.37. The number of anilines is 2. The van der Waals surface area contributed by atoms with Crippen molar-refractivity contribution in [2.75, 3.05) is 11.9 Å². The van der Waals surface area contributed by atoms with Crippen LogP contribution in [0.2, 0.25) is 0 Å². The lowest BCUT2D eigenvalue weighted by Crippen LogP contribution is -2.34. The molecule has 2 aliphatic rings. The van der Waals surface area contributed by atoms with Crippen molar-refractivity contribution in [2.24, 2.45) is 0 Å². The van der Waals surface area contributed by atoms with Crippen LogP contribution in [0, 0.1) is 0 Å². The van der Waals surface area contributed by atoms with Crippen molar-refractivity contribution in [2.45, 2.75) is 51.4 Å². The smallest absolute Gasteiger partial charge is 0.290 e. The number of fused-ring (bicyclic) bond motifs is 1. The van der Waals surface area contributed by atoms with Gasteiger partial charge < -0.3 is 4.90 Å². The molecule has 1 saturated heterocycles. The number of hydrogen-bond donors (Lipinski definition) is 1. The second kappa shape index (κ2) is 7.31. The Morgan fingerprint density at radius 2 is 1.50 bits per heavy atom. The Morgan fingerprint density at radius 3 is 2.10 bits per heavy atom. The van der Waals surface area contributed by atoms with Crippen LogP contribution in [-0.2, 0) is 15.6 Å². The Labute approximate surface area is 182 Å². The Bertz CT molecular complexity index is 1050. The number of nitrogens with zero attached hydrogens (tertiary/aromatic N) is 1. The van der Waals surface area contributed by atoms with Gasteiger partial charge in [-0.25, -0.2) is 0 Å². The summed E-state index contributed by atoms with van der Waals surface area (Å²) in [6.45, 7) is 9.37. The first-order valence-electron chi connectivity index (χ1n) is 10.3. The van der Waals surface area contributed by atoms with E-state index in [4.69, 9.17) is 0 Å². The van der Waals surface area contributed by atoms with Crippen LogP contribution in [0.1, 0.15) is 57.2 Å². The second-order valence-electron chi connectivity index (χ2n) is 9.50. The molecule has 1 aliphatic carbocycles. The molecule has 4 rings (SSSR count). The minimum Gasteiger partial charge on any atom is -0.345 e. The number of thioether (sulfide) groups is 1. The van der Waals surface area contributed by atoms with E-state index in [0.717, 1.165) is 23.0 Å². The van der Waals surface area contributed by atoms with Crippen molar-refractivity contribution < 1.29 is 9.59 Å². The molecular formula is C25H28N2O2S. The van der Waals surface area contributed by atoms with Gasteiger partial charge in [0, 0.05) is 18.4 Å². The van der Waals surface area contributed by atoms with Crippen molar-refractivity contribution in [1.29, 1.82) is 0 Å². The highest BCUT2D eigenvalue weighted by molar-refractivity contribution is 8.18. The molecule has 0 unspecified atom stereocenters. The first kappa shape index (κ1) is 20.7. The second-order valence-corrected chi connectivity index (χ2v) is 10.5. The lowest BCUT2D eigenvalue weighted by atomic mass is 9.63. The van der Waals surface area contributed by atoms with Crippen LogP contribution in [0.15, 0.2) is 47.4 Å². The number of carbonyl (C=O) groups is 2. The van der Waals surface area contributed by atoms with Crippen LogP contribution in [0.3, 0.4) is 0 Å². The van der Waals surface area contributed by atoms with Gasteiger partial charge in [0.05, 0.1) is 4.91 Å². The van der Waals surface area contributed by atoms with Gasteiger partial charge in [0.15, 0.2) is 0 Å². The molecule has 156 valence electrons. The zero-order chi connectivity index (χ0) is 21.7. The molecule has 30 heavy (non-hydrogen) atoms. The van der Waals surface area contributed by atoms with E-state index in [1.165, 1.54) is 29.7 Å². The maximum absolute atomic E-state index is 11.7. The molecule has 2 aromatic rings. The van der Waals surface area contributed by atoms with E-state index in [-0.39, 0.29) is 22.0 Å². The SMILES string of the molecule is CN(c1ccc(/C=C2\SC(=O)NC2=O)cc1)c1ccc2c(c1)C(C)(C)CCC2(C)C. The summed E-state index contributed by atoms with van der Waals surface area (Å²) < 4.78 is 0. The first-order valence-corrected chi connectivity index (χ1v) is 11.1. The molecule has 0 saturated carbocycles. The number of nitrogens with one attached hydrogen (secondary N) is 1. The molecule has 1 N–H and O–H groups in total. The third-order valence-electron chi connectivity index (χ3n) is 6.44. The summed E-state index contributed by atoms with van der Waals surface area (Å²) >= 11 is 0.940. The normalized spacial score (nSPS) is 20.8. The first-order chi connectivity index (χ1) is 14.1. The summed E-state index contributed by atoms with van der Waals surface area (Å²) in [5.41, 5.74) is 6.43. The molecule has 2 amide bonds.